The highest BCUT2D eigenvalue weighted by Crippen LogP contribution is 2.35. The molecule has 3 heteroatoms. The zero-order valence-electron chi connectivity index (χ0n) is 10.6. The van der Waals surface area contributed by atoms with E-state index in [1.807, 2.05) is 19.9 Å². The van der Waals surface area contributed by atoms with Gasteiger partial charge >= 0.3 is 0 Å². The first kappa shape index (κ1) is 13.3. The van der Waals surface area contributed by atoms with Crippen LogP contribution in [0.4, 0.5) is 0 Å². The van der Waals surface area contributed by atoms with E-state index in [0.29, 0.717) is 12.4 Å². The highest BCUT2D eigenvalue weighted by molar-refractivity contribution is 5.97. The number of phenols is 1. The lowest BCUT2D eigenvalue weighted by molar-refractivity contribution is 0.326. The largest absolute Gasteiger partial charge is 0.508 e. The SMILES string of the molecule is Cc1cc(O)c(CO[Si])c(C)c1C(C)(C)C. The molecule has 1 rings (SSSR count). The van der Waals surface area contributed by atoms with Crippen molar-refractivity contribution in [2.24, 2.45) is 0 Å². The molecule has 0 aromatic heterocycles. The Bertz CT molecular complexity index is 392. The summed E-state index contributed by atoms with van der Waals surface area (Å²) >= 11 is 0. The molecule has 0 saturated heterocycles. The summed E-state index contributed by atoms with van der Waals surface area (Å²) in [5.74, 6) is 0.307. The molecule has 0 amide bonds. The van der Waals surface area contributed by atoms with Gasteiger partial charge in [-0.1, -0.05) is 20.8 Å². The average molecular weight is 235 g/mol. The van der Waals surface area contributed by atoms with Crippen LogP contribution in [-0.4, -0.2) is 15.6 Å². The van der Waals surface area contributed by atoms with E-state index in [2.05, 4.69) is 31.3 Å². The van der Waals surface area contributed by atoms with Crippen molar-refractivity contribution in [2.75, 3.05) is 0 Å². The Balaban J connectivity index is 3.45. The number of rotatable bonds is 2. The molecule has 1 N–H and O–H groups in total. The van der Waals surface area contributed by atoms with Crippen molar-refractivity contribution >= 4 is 10.5 Å². The van der Waals surface area contributed by atoms with Crippen molar-refractivity contribution in [1.82, 2.24) is 0 Å². The van der Waals surface area contributed by atoms with Crippen LogP contribution in [0.3, 0.4) is 0 Å². The van der Waals surface area contributed by atoms with E-state index in [0.717, 1.165) is 16.7 Å². The van der Waals surface area contributed by atoms with Gasteiger partial charge in [-0.3, -0.25) is 0 Å². The molecule has 0 spiro atoms. The lowest BCUT2D eigenvalue weighted by Crippen LogP contribution is -2.16. The molecule has 0 heterocycles. The Kier molecular flexibility index (Phi) is 3.81. The maximum atomic E-state index is 9.89. The van der Waals surface area contributed by atoms with Crippen LogP contribution in [0.5, 0.6) is 5.75 Å². The first-order valence-corrected chi connectivity index (χ1v) is 5.81. The second kappa shape index (κ2) is 4.59. The Labute approximate surface area is 101 Å². The molecule has 0 aliphatic heterocycles. The predicted octanol–water partition coefficient (Wildman–Crippen LogP) is 2.91. The first-order valence-electron chi connectivity index (χ1n) is 5.40. The Morgan fingerprint density at radius 2 is 1.88 bits per heavy atom. The molecule has 0 aliphatic rings. The number of aryl methyl sites for hydroxylation is 1. The third-order valence-electron chi connectivity index (χ3n) is 2.85. The van der Waals surface area contributed by atoms with Gasteiger partial charge in [-0.15, -0.1) is 0 Å². The molecule has 0 aliphatic carbocycles. The molecule has 2 nitrogen and oxygen atoms in total. The quantitative estimate of drug-likeness (QED) is 0.799. The number of aromatic hydroxyl groups is 1. The Morgan fingerprint density at radius 3 is 2.31 bits per heavy atom. The van der Waals surface area contributed by atoms with Crippen LogP contribution in [0.15, 0.2) is 6.07 Å². The van der Waals surface area contributed by atoms with Gasteiger partial charge in [-0.05, 0) is 42.0 Å². The summed E-state index contributed by atoms with van der Waals surface area (Å²) in [6, 6.07) is 1.81. The molecular weight excluding hydrogens is 216 g/mol. The van der Waals surface area contributed by atoms with Crippen LogP contribution in [0.25, 0.3) is 0 Å². The summed E-state index contributed by atoms with van der Waals surface area (Å²) < 4.78 is 4.94. The van der Waals surface area contributed by atoms with Crippen LogP contribution in [0.2, 0.25) is 0 Å². The van der Waals surface area contributed by atoms with Crippen molar-refractivity contribution < 1.29 is 9.53 Å². The van der Waals surface area contributed by atoms with E-state index < -0.39 is 0 Å². The fraction of sp³-hybridized carbons (Fsp3) is 0.538. The van der Waals surface area contributed by atoms with Crippen LogP contribution >= 0.6 is 0 Å². The molecule has 0 saturated carbocycles. The van der Waals surface area contributed by atoms with Crippen LogP contribution in [-0.2, 0) is 16.4 Å². The first-order chi connectivity index (χ1) is 7.29. The van der Waals surface area contributed by atoms with Gasteiger partial charge < -0.3 is 9.53 Å². The van der Waals surface area contributed by atoms with Gasteiger partial charge in [0.25, 0.3) is 0 Å². The number of hydrogen-bond acceptors (Lipinski definition) is 2. The predicted molar refractivity (Wildman–Crippen MR) is 66.8 cm³/mol. The van der Waals surface area contributed by atoms with Gasteiger partial charge in [0.2, 0.25) is 10.5 Å². The highest BCUT2D eigenvalue weighted by atomic mass is 28.2. The summed E-state index contributed by atoms with van der Waals surface area (Å²) in [4.78, 5) is 0. The zero-order chi connectivity index (χ0) is 12.5. The second-order valence-electron chi connectivity index (χ2n) is 5.23. The standard InChI is InChI=1S/C13H19O2Si/c1-8-6-11(14)10(7-15-16)9(2)12(8)13(3,4)5/h6,14H,7H2,1-5H3. The molecule has 0 atom stereocenters. The van der Waals surface area contributed by atoms with Crippen LogP contribution in [0, 0.1) is 13.8 Å². The minimum absolute atomic E-state index is 0.0718. The number of hydrogen-bond donors (Lipinski definition) is 1. The summed E-state index contributed by atoms with van der Waals surface area (Å²) in [5, 5.41) is 9.89. The summed E-state index contributed by atoms with van der Waals surface area (Å²) in [7, 11) is 2.98. The second-order valence-corrected chi connectivity index (χ2v) is 5.52. The molecule has 0 fully saturated rings. The fourth-order valence-corrected chi connectivity index (χ4v) is 2.56. The molecule has 1 aromatic rings. The van der Waals surface area contributed by atoms with Gasteiger partial charge in [0, 0.05) is 5.56 Å². The van der Waals surface area contributed by atoms with Crippen molar-refractivity contribution in [3.8, 4) is 5.75 Å². The van der Waals surface area contributed by atoms with Crippen molar-refractivity contribution in [3.63, 3.8) is 0 Å². The third kappa shape index (κ3) is 2.47. The Morgan fingerprint density at radius 1 is 1.31 bits per heavy atom. The molecule has 0 bridgehead atoms. The van der Waals surface area contributed by atoms with Gasteiger partial charge in [-0.25, -0.2) is 0 Å². The molecule has 3 radical (unpaired) electrons. The maximum absolute atomic E-state index is 9.89. The minimum Gasteiger partial charge on any atom is -0.508 e. The Hall–Kier alpha value is -0.803. The molecule has 0 unspecified atom stereocenters. The van der Waals surface area contributed by atoms with E-state index in [1.54, 1.807) is 0 Å². The van der Waals surface area contributed by atoms with Gasteiger partial charge in [0.1, 0.15) is 5.75 Å². The van der Waals surface area contributed by atoms with Crippen molar-refractivity contribution in [3.05, 3.63) is 28.3 Å². The monoisotopic (exact) mass is 235 g/mol. The van der Waals surface area contributed by atoms with Gasteiger partial charge in [0.15, 0.2) is 0 Å². The van der Waals surface area contributed by atoms with Crippen LogP contribution in [0.1, 0.15) is 43.0 Å². The maximum Gasteiger partial charge on any atom is 0.246 e. The summed E-state index contributed by atoms with van der Waals surface area (Å²) in [5.41, 5.74) is 4.44. The van der Waals surface area contributed by atoms with E-state index in [-0.39, 0.29) is 5.41 Å². The van der Waals surface area contributed by atoms with E-state index >= 15 is 0 Å². The third-order valence-corrected chi connectivity index (χ3v) is 3.00. The van der Waals surface area contributed by atoms with Crippen LogP contribution < -0.4 is 0 Å². The lowest BCUT2D eigenvalue weighted by Gasteiger charge is -2.26. The molecule has 16 heavy (non-hydrogen) atoms. The molecule has 87 valence electrons. The minimum atomic E-state index is 0.0718. The van der Waals surface area contributed by atoms with E-state index in [4.69, 9.17) is 4.43 Å². The molecular formula is C13H19O2Si. The topological polar surface area (TPSA) is 29.5 Å². The van der Waals surface area contributed by atoms with Crippen molar-refractivity contribution in [1.29, 1.82) is 0 Å². The van der Waals surface area contributed by atoms with E-state index in [1.165, 1.54) is 5.56 Å². The zero-order valence-corrected chi connectivity index (χ0v) is 11.6. The smallest absolute Gasteiger partial charge is 0.246 e. The number of phenolic OH excluding ortho intramolecular Hbond substituents is 1. The average Bonchev–Trinajstić information content (AvgIpc) is 2.09. The summed E-state index contributed by atoms with van der Waals surface area (Å²) in [6.45, 7) is 11.0. The van der Waals surface area contributed by atoms with Crippen molar-refractivity contribution in [2.45, 2.75) is 46.6 Å². The lowest BCUT2D eigenvalue weighted by atomic mass is 9.79. The molecule has 1 aromatic carbocycles. The number of benzene rings is 1. The highest BCUT2D eigenvalue weighted by Gasteiger charge is 2.22. The fourth-order valence-electron chi connectivity index (χ4n) is 2.41. The van der Waals surface area contributed by atoms with E-state index in [9.17, 15) is 5.11 Å². The summed E-state index contributed by atoms with van der Waals surface area (Å²) in [6.07, 6.45) is 0. The van der Waals surface area contributed by atoms with Gasteiger partial charge in [-0.2, -0.15) is 0 Å². The normalized spacial score (nSPS) is 11.9. The van der Waals surface area contributed by atoms with Gasteiger partial charge in [0.05, 0.1) is 6.61 Å².